The second-order valence-electron chi connectivity index (χ2n) is 5.05. The van der Waals surface area contributed by atoms with Crippen LogP contribution in [0.5, 0.6) is 0 Å². The maximum atomic E-state index is 5.82. The zero-order chi connectivity index (χ0) is 12.0. The molecule has 0 bridgehead atoms. The van der Waals surface area contributed by atoms with Crippen molar-refractivity contribution in [1.29, 1.82) is 0 Å². The first-order chi connectivity index (χ1) is 7.64. The summed E-state index contributed by atoms with van der Waals surface area (Å²) < 4.78 is 11.6. The second-order valence-corrected chi connectivity index (χ2v) is 5.05. The summed E-state index contributed by atoms with van der Waals surface area (Å²) in [5, 5.41) is 3.37. The van der Waals surface area contributed by atoms with E-state index < -0.39 is 0 Å². The SMILES string of the molecule is CNC(COC(C)C)C1(OC)CCCCC1. The molecular formula is C13H27NO2. The standard InChI is InChI=1S/C13H27NO2/c1-11(2)16-10-12(14-3)13(15-4)8-6-5-7-9-13/h11-12,14H,5-10H2,1-4H3. The van der Waals surface area contributed by atoms with Gasteiger partial charge in [-0.3, -0.25) is 0 Å². The minimum atomic E-state index is -0.0120. The van der Waals surface area contributed by atoms with Crippen LogP contribution in [0.15, 0.2) is 0 Å². The Labute approximate surface area is 99.9 Å². The van der Waals surface area contributed by atoms with Crippen LogP contribution >= 0.6 is 0 Å². The summed E-state index contributed by atoms with van der Waals surface area (Å²) >= 11 is 0. The van der Waals surface area contributed by atoms with Crippen LogP contribution in [-0.2, 0) is 9.47 Å². The first kappa shape index (κ1) is 13.9. The van der Waals surface area contributed by atoms with E-state index in [1.54, 1.807) is 0 Å². The largest absolute Gasteiger partial charge is 0.377 e. The minimum absolute atomic E-state index is 0.0120. The van der Waals surface area contributed by atoms with Gasteiger partial charge in [0.25, 0.3) is 0 Å². The lowest BCUT2D eigenvalue weighted by Gasteiger charge is -2.42. The van der Waals surface area contributed by atoms with Crippen molar-refractivity contribution < 1.29 is 9.47 Å². The van der Waals surface area contributed by atoms with Gasteiger partial charge in [0.05, 0.1) is 24.4 Å². The van der Waals surface area contributed by atoms with Crippen molar-refractivity contribution in [2.45, 2.75) is 63.7 Å². The van der Waals surface area contributed by atoms with E-state index in [4.69, 9.17) is 9.47 Å². The van der Waals surface area contributed by atoms with Crippen LogP contribution < -0.4 is 5.32 Å². The van der Waals surface area contributed by atoms with Crippen LogP contribution in [0.2, 0.25) is 0 Å². The van der Waals surface area contributed by atoms with Gasteiger partial charge >= 0.3 is 0 Å². The lowest BCUT2D eigenvalue weighted by atomic mass is 9.79. The average Bonchev–Trinajstić information content (AvgIpc) is 2.30. The van der Waals surface area contributed by atoms with E-state index in [1.807, 2.05) is 14.2 Å². The Hall–Kier alpha value is -0.120. The van der Waals surface area contributed by atoms with Gasteiger partial charge in [0, 0.05) is 7.11 Å². The predicted molar refractivity (Wildman–Crippen MR) is 66.8 cm³/mol. The third kappa shape index (κ3) is 3.44. The smallest absolute Gasteiger partial charge is 0.0853 e. The van der Waals surface area contributed by atoms with Gasteiger partial charge in [-0.1, -0.05) is 19.3 Å². The Morgan fingerprint density at radius 2 is 1.81 bits per heavy atom. The molecule has 0 amide bonds. The van der Waals surface area contributed by atoms with Crippen LogP contribution in [-0.4, -0.2) is 38.5 Å². The molecule has 0 aliphatic heterocycles. The van der Waals surface area contributed by atoms with Gasteiger partial charge in [-0.05, 0) is 33.7 Å². The molecule has 1 aliphatic carbocycles. The van der Waals surface area contributed by atoms with Crippen molar-refractivity contribution >= 4 is 0 Å². The Kier molecular flexibility index (Phi) is 5.73. The Morgan fingerprint density at radius 1 is 1.19 bits per heavy atom. The van der Waals surface area contributed by atoms with E-state index in [2.05, 4.69) is 19.2 Å². The Morgan fingerprint density at radius 3 is 2.25 bits per heavy atom. The van der Waals surface area contributed by atoms with Crippen LogP contribution in [0.4, 0.5) is 0 Å². The topological polar surface area (TPSA) is 30.5 Å². The molecule has 96 valence electrons. The number of rotatable bonds is 6. The average molecular weight is 229 g/mol. The third-order valence-electron chi connectivity index (χ3n) is 3.69. The number of hydrogen-bond acceptors (Lipinski definition) is 3. The van der Waals surface area contributed by atoms with Gasteiger partial charge in [-0.25, -0.2) is 0 Å². The molecule has 1 rings (SSSR count). The summed E-state index contributed by atoms with van der Waals surface area (Å²) in [5.74, 6) is 0. The lowest BCUT2D eigenvalue weighted by Crippen LogP contribution is -2.54. The molecule has 1 atom stereocenters. The molecule has 1 aliphatic rings. The summed E-state index contributed by atoms with van der Waals surface area (Å²) in [6.07, 6.45) is 6.47. The summed E-state index contributed by atoms with van der Waals surface area (Å²) in [7, 11) is 3.84. The molecule has 1 saturated carbocycles. The zero-order valence-electron chi connectivity index (χ0n) is 11.2. The lowest BCUT2D eigenvalue weighted by molar-refractivity contribution is -0.0900. The van der Waals surface area contributed by atoms with E-state index in [0.29, 0.717) is 6.04 Å². The van der Waals surface area contributed by atoms with Crippen LogP contribution in [0.1, 0.15) is 46.0 Å². The van der Waals surface area contributed by atoms with Crippen LogP contribution in [0.25, 0.3) is 0 Å². The summed E-state index contributed by atoms with van der Waals surface area (Å²) in [6.45, 7) is 4.89. The number of ether oxygens (including phenoxy) is 2. The van der Waals surface area contributed by atoms with Crippen molar-refractivity contribution in [2.24, 2.45) is 0 Å². The number of hydrogen-bond donors (Lipinski definition) is 1. The zero-order valence-corrected chi connectivity index (χ0v) is 11.2. The normalized spacial score (nSPS) is 22.3. The molecular weight excluding hydrogens is 202 g/mol. The molecule has 0 radical (unpaired) electrons. The molecule has 16 heavy (non-hydrogen) atoms. The molecule has 0 aromatic rings. The summed E-state index contributed by atoms with van der Waals surface area (Å²) in [5.41, 5.74) is -0.0120. The monoisotopic (exact) mass is 229 g/mol. The van der Waals surface area contributed by atoms with Crippen molar-refractivity contribution in [1.82, 2.24) is 5.32 Å². The molecule has 3 heteroatoms. The van der Waals surface area contributed by atoms with Gasteiger partial charge in [-0.15, -0.1) is 0 Å². The Balaban J connectivity index is 2.58. The highest BCUT2D eigenvalue weighted by atomic mass is 16.5. The molecule has 0 spiro atoms. The highest BCUT2D eigenvalue weighted by Crippen LogP contribution is 2.34. The first-order valence-electron chi connectivity index (χ1n) is 6.48. The maximum absolute atomic E-state index is 5.82. The number of likely N-dealkylation sites (N-methyl/N-ethyl adjacent to an activating group) is 1. The quantitative estimate of drug-likeness (QED) is 0.758. The molecule has 0 aromatic heterocycles. The van der Waals surface area contributed by atoms with Gasteiger partial charge in [0.2, 0.25) is 0 Å². The van der Waals surface area contributed by atoms with Gasteiger partial charge in [0.15, 0.2) is 0 Å². The minimum Gasteiger partial charge on any atom is -0.377 e. The highest BCUT2D eigenvalue weighted by Gasteiger charge is 2.39. The number of nitrogens with one attached hydrogen (secondary N) is 1. The molecule has 1 N–H and O–H groups in total. The van der Waals surface area contributed by atoms with E-state index in [1.165, 1.54) is 19.3 Å². The molecule has 3 nitrogen and oxygen atoms in total. The van der Waals surface area contributed by atoms with Crippen LogP contribution in [0, 0.1) is 0 Å². The third-order valence-corrected chi connectivity index (χ3v) is 3.69. The van der Waals surface area contributed by atoms with E-state index in [9.17, 15) is 0 Å². The van der Waals surface area contributed by atoms with E-state index in [-0.39, 0.29) is 11.7 Å². The van der Waals surface area contributed by atoms with Crippen molar-refractivity contribution in [3.63, 3.8) is 0 Å². The predicted octanol–water partition coefficient (Wildman–Crippen LogP) is 2.35. The van der Waals surface area contributed by atoms with Gasteiger partial charge in [-0.2, -0.15) is 0 Å². The Bertz CT molecular complexity index is 188. The molecule has 1 fully saturated rings. The van der Waals surface area contributed by atoms with Crippen molar-refractivity contribution in [3.8, 4) is 0 Å². The summed E-state index contributed by atoms with van der Waals surface area (Å²) in [6, 6.07) is 0.306. The van der Waals surface area contributed by atoms with Crippen molar-refractivity contribution in [2.75, 3.05) is 20.8 Å². The molecule has 0 heterocycles. The van der Waals surface area contributed by atoms with Crippen LogP contribution in [0.3, 0.4) is 0 Å². The van der Waals surface area contributed by atoms with E-state index in [0.717, 1.165) is 19.4 Å². The summed E-state index contributed by atoms with van der Waals surface area (Å²) in [4.78, 5) is 0. The molecule has 1 unspecified atom stereocenters. The fourth-order valence-corrected chi connectivity index (χ4v) is 2.63. The maximum Gasteiger partial charge on any atom is 0.0853 e. The van der Waals surface area contributed by atoms with Gasteiger partial charge < -0.3 is 14.8 Å². The van der Waals surface area contributed by atoms with Crippen molar-refractivity contribution in [3.05, 3.63) is 0 Å². The molecule has 0 saturated heterocycles. The highest BCUT2D eigenvalue weighted by molar-refractivity contribution is 4.94. The number of methoxy groups -OCH3 is 1. The van der Waals surface area contributed by atoms with E-state index >= 15 is 0 Å². The second kappa shape index (κ2) is 6.58. The fraction of sp³-hybridized carbons (Fsp3) is 1.00. The molecule has 0 aromatic carbocycles. The van der Waals surface area contributed by atoms with Gasteiger partial charge in [0.1, 0.15) is 0 Å². The fourth-order valence-electron chi connectivity index (χ4n) is 2.63. The first-order valence-corrected chi connectivity index (χ1v) is 6.48.